The fourth-order valence-corrected chi connectivity index (χ4v) is 4.34. The lowest BCUT2D eigenvalue weighted by Crippen LogP contribution is -2.45. The molecule has 1 fully saturated rings. The summed E-state index contributed by atoms with van der Waals surface area (Å²) < 4.78 is 82.6. The Morgan fingerprint density at radius 2 is 1.42 bits per heavy atom. The topological polar surface area (TPSA) is 49.9 Å². The van der Waals surface area contributed by atoms with Gasteiger partial charge in [0.2, 0.25) is 5.91 Å². The number of alkyl halides is 6. The Kier molecular flexibility index (Phi) is 9.45. The highest BCUT2D eigenvalue weighted by molar-refractivity contribution is 5.94. The molecular weight excluding hydrogens is 514 g/mol. The van der Waals surface area contributed by atoms with Crippen molar-refractivity contribution in [3.63, 3.8) is 0 Å². The summed E-state index contributed by atoms with van der Waals surface area (Å²) in [6, 6.07) is 8.35. The van der Waals surface area contributed by atoms with Crippen LogP contribution >= 0.6 is 0 Å². The number of halogens is 6. The number of hydrogen-bond acceptors (Lipinski definition) is 3. The summed E-state index contributed by atoms with van der Waals surface area (Å²) in [5.74, 6) is -0.403. The molecule has 1 aliphatic heterocycles. The van der Waals surface area contributed by atoms with Crippen LogP contribution in [0, 0.1) is 5.92 Å². The number of carbonyl (C=O) groups excluding carboxylic acids is 2. The maximum Gasteiger partial charge on any atom is 0.416 e. The summed E-state index contributed by atoms with van der Waals surface area (Å²) >= 11 is 0. The standard InChI is InChI=1S/C27H30F6N2O3/c1-18(2)15-23(17-38-16-19-3-7-21(8-4-19)26(28,29)30)35-14-13-34(12-11-24(35)36)25(37)20-5-9-22(10-6-20)27(31,32)33/h3-10,18,23H,11-17H2,1-2H3/t23-/m0/s1. The first-order valence-corrected chi connectivity index (χ1v) is 12.3. The Morgan fingerprint density at radius 1 is 0.868 bits per heavy atom. The Hall–Kier alpha value is -3.08. The van der Waals surface area contributed by atoms with Gasteiger partial charge in [0.1, 0.15) is 0 Å². The van der Waals surface area contributed by atoms with Gasteiger partial charge in [-0.1, -0.05) is 26.0 Å². The molecule has 1 aliphatic rings. The summed E-state index contributed by atoms with van der Waals surface area (Å²) in [5, 5.41) is 0. The average molecular weight is 545 g/mol. The van der Waals surface area contributed by atoms with Crippen molar-refractivity contribution in [1.82, 2.24) is 9.80 Å². The van der Waals surface area contributed by atoms with Crippen LogP contribution in [0.1, 0.15) is 53.7 Å². The number of carbonyl (C=O) groups is 2. The van der Waals surface area contributed by atoms with Crippen LogP contribution in [-0.4, -0.2) is 53.9 Å². The molecular formula is C27H30F6N2O3. The zero-order chi connectivity index (χ0) is 28.1. The summed E-state index contributed by atoms with van der Waals surface area (Å²) in [7, 11) is 0. The lowest BCUT2D eigenvalue weighted by Gasteiger charge is -2.32. The fraction of sp³-hybridized carbons (Fsp3) is 0.481. The highest BCUT2D eigenvalue weighted by atomic mass is 19.4. The lowest BCUT2D eigenvalue weighted by atomic mass is 10.0. The molecule has 0 N–H and O–H groups in total. The van der Waals surface area contributed by atoms with Gasteiger partial charge in [0.15, 0.2) is 0 Å². The molecule has 2 aromatic carbocycles. The molecule has 5 nitrogen and oxygen atoms in total. The van der Waals surface area contributed by atoms with Gasteiger partial charge >= 0.3 is 12.4 Å². The maximum absolute atomic E-state index is 13.0. The van der Waals surface area contributed by atoms with E-state index in [1.54, 1.807) is 4.90 Å². The molecule has 1 saturated heterocycles. The van der Waals surface area contributed by atoms with E-state index in [0.29, 0.717) is 12.0 Å². The molecule has 0 radical (unpaired) electrons. The number of benzene rings is 2. The van der Waals surface area contributed by atoms with E-state index in [1.165, 1.54) is 17.0 Å². The molecule has 0 unspecified atom stereocenters. The molecule has 2 aromatic rings. The van der Waals surface area contributed by atoms with Crippen molar-refractivity contribution < 1.29 is 40.7 Å². The van der Waals surface area contributed by atoms with E-state index < -0.39 is 29.4 Å². The van der Waals surface area contributed by atoms with Gasteiger partial charge in [-0.05, 0) is 54.3 Å². The second kappa shape index (κ2) is 12.2. The van der Waals surface area contributed by atoms with Crippen molar-refractivity contribution in [2.45, 2.75) is 51.7 Å². The van der Waals surface area contributed by atoms with E-state index in [4.69, 9.17) is 4.74 Å². The Balaban J connectivity index is 1.62. The first-order valence-electron chi connectivity index (χ1n) is 12.3. The van der Waals surface area contributed by atoms with Crippen molar-refractivity contribution in [2.75, 3.05) is 26.2 Å². The number of amides is 2. The van der Waals surface area contributed by atoms with E-state index in [1.807, 2.05) is 13.8 Å². The minimum Gasteiger partial charge on any atom is -0.375 e. The smallest absolute Gasteiger partial charge is 0.375 e. The van der Waals surface area contributed by atoms with E-state index in [-0.39, 0.29) is 62.7 Å². The van der Waals surface area contributed by atoms with Crippen LogP contribution in [0.2, 0.25) is 0 Å². The van der Waals surface area contributed by atoms with E-state index in [9.17, 15) is 35.9 Å². The second-order valence-corrected chi connectivity index (χ2v) is 9.70. The van der Waals surface area contributed by atoms with Crippen LogP contribution in [-0.2, 0) is 28.5 Å². The number of nitrogens with zero attached hydrogens (tertiary/aromatic N) is 2. The van der Waals surface area contributed by atoms with Gasteiger partial charge in [-0.25, -0.2) is 0 Å². The fourth-order valence-electron chi connectivity index (χ4n) is 4.34. The van der Waals surface area contributed by atoms with Gasteiger partial charge in [0.25, 0.3) is 5.91 Å². The van der Waals surface area contributed by atoms with Gasteiger partial charge in [-0.3, -0.25) is 9.59 Å². The Morgan fingerprint density at radius 3 is 1.95 bits per heavy atom. The summed E-state index contributed by atoms with van der Waals surface area (Å²) in [6.45, 7) is 4.80. The molecule has 38 heavy (non-hydrogen) atoms. The van der Waals surface area contributed by atoms with Crippen molar-refractivity contribution in [1.29, 1.82) is 0 Å². The molecule has 0 aromatic heterocycles. The van der Waals surface area contributed by atoms with Crippen LogP contribution < -0.4 is 0 Å². The number of rotatable bonds is 8. The SMILES string of the molecule is CC(C)C[C@@H](COCc1ccc(C(F)(F)F)cc1)N1CCN(C(=O)c2ccc(C(F)(F)F)cc2)CCC1=O. The van der Waals surface area contributed by atoms with Crippen molar-refractivity contribution in [3.05, 3.63) is 70.8 Å². The van der Waals surface area contributed by atoms with E-state index in [2.05, 4.69) is 0 Å². The zero-order valence-corrected chi connectivity index (χ0v) is 21.1. The monoisotopic (exact) mass is 544 g/mol. The summed E-state index contributed by atoms with van der Waals surface area (Å²) in [6.07, 6.45) is -8.25. The quantitative estimate of drug-likeness (QED) is 0.382. The zero-order valence-electron chi connectivity index (χ0n) is 21.1. The van der Waals surface area contributed by atoms with Gasteiger partial charge in [-0.15, -0.1) is 0 Å². The predicted octanol–water partition coefficient (Wildman–Crippen LogP) is 6.03. The highest BCUT2D eigenvalue weighted by Gasteiger charge is 2.32. The molecule has 0 spiro atoms. The minimum atomic E-state index is -4.50. The van der Waals surface area contributed by atoms with Gasteiger partial charge in [0, 0.05) is 31.6 Å². The molecule has 0 saturated carbocycles. The van der Waals surface area contributed by atoms with Crippen molar-refractivity contribution in [3.8, 4) is 0 Å². The Bertz CT molecular complexity index is 1080. The molecule has 1 atom stereocenters. The average Bonchev–Trinajstić information content (AvgIpc) is 3.03. The van der Waals surface area contributed by atoms with Crippen LogP contribution in [0.3, 0.4) is 0 Å². The van der Waals surface area contributed by atoms with Crippen molar-refractivity contribution >= 4 is 11.8 Å². The normalized spacial score (nSPS) is 16.1. The first kappa shape index (κ1) is 29.5. The minimum absolute atomic E-state index is 0.0554. The third-order valence-electron chi connectivity index (χ3n) is 6.32. The third-order valence-corrected chi connectivity index (χ3v) is 6.32. The second-order valence-electron chi connectivity index (χ2n) is 9.70. The van der Waals surface area contributed by atoms with Crippen LogP contribution in [0.25, 0.3) is 0 Å². The number of ether oxygens (including phenoxy) is 1. The van der Waals surface area contributed by atoms with Crippen LogP contribution in [0.5, 0.6) is 0 Å². The third kappa shape index (κ3) is 7.96. The number of hydrogen-bond donors (Lipinski definition) is 0. The molecule has 11 heteroatoms. The summed E-state index contributed by atoms with van der Waals surface area (Å²) in [5.41, 5.74) is -0.919. The van der Waals surface area contributed by atoms with Crippen LogP contribution in [0.15, 0.2) is 48.5 Å². The van der Waals surface area contributed by atoms with E-state index >= 15 is 0 Å². The van der Waals surface area contributed by atoms with Gasteiger partial charge in [0.05, 0.1) is 30.4 Å². The molecule has 0 bridgehead atoms. The largest absolute Gasteiger partial charge is 0.416 e. The predicted molar refractivity (Wildman–Crippen MR) is 128 cm³/mol. The van der Waals surface area contributed by atoms with Gasteiger partial charge in [-0.2, -0.15) is 26.3 Å². The van der Waals surface area contributed by atoms with Crippen molar-refractivity contribution in [2.24, 2.45) is 5.92 Å². The molecule has 2 amide bonds. The highest BCUT2D eigenvalue weighted by Crippen LogP contribution is 2.30. The molecule has 208 valence electrons. The Labute approximate surface area is 217 Å². The molecule has 1 heterocycles. The van der Waals surface area contributed by atoms with Crippen LogP contribution in [0.4, 0.5) is 26.3 Å². The first-order chi connectivity index (χ1) is 17.8. The molecule has 3 rings (SSSR count). The van der Waals surface area contributed by atoms with E-state index in [0.717, 1.165) is 36.4 Å². The lowest BCUT2D eigenvalue weighted by molar-refractivity contribution is -0.138. The van der Waals surface area contributed by atoms with Gasteiger partial charge < -0.3 is 14.5 Å². The molecule has 0 aliphatic carbocycles. The summed E-state index contributed by atoms with van der Waals surface area (Å²) in [4.78, 5) is 29.0. The maximum atomic E-state index is 13.0.